The molecule has 2 amide bonds. The van der Waals surface area contributed by atoms with E-state index < -0.39 is 35.8 Å². The molecule has 1 aromatic rings. The number of hydrogen-bond donors (Lipinski definition) is 0. The molecule has 0 bridgehead atoms. The van der Waals surface area contributed by atoms with Crippen LogP contribution in [-0.4, -0.2) is 49.2 Å². The van der Waals surface area contributed by atoms with Gasteiger partial charge < -0.3 is 4.74 Å². The van der Waals surface area contributed by atoms with Gasteiger partial charge in [0.05, 0.1) is 12.8 Å². The molecule has 3 rings (SSSR count). The lowest BCUT2D eigenvalue weighted by Gasteiger charge is -2.21. The van der Waals surface area contributed by atoms with Gasteiger partial charge in [0.15, 0.2) is 6.10 Å². The molecule has 0 radical (unpaired) electrons. The van der Waals surface area contributed by atoms with Crippen molar-refractivity contribution in [3.63, 3.8) is 0 Å². The first-order valence-corrected chi connectivity index (χ1v) is 6.46. The number of esters is 1. The molecule has 0 aromatic heterocycles. The van der Waals surface area contributed by atoms with Crippen molar-refractivity contribution < 1.29 is 24.0 Å². The van der Waals surface area contributed by atoms with Crippen LogP contribution in [0.5, 0.6) is 0 Å². The van der Waals surface area contributed by atoms with E-state index >= 15 is 0 Å². The van der Waals surface area contributed by atoms with Gasteiger partial charge in [-0.1, -0.05) is 18.2 Å². The van der Waals surface area contributed by atoms with E-state index in [2.05, 4.69) is 0 Å². The minimum atomic E-state index is -0.980. The first-order valence-electron chi connectivity index (χ1n) is 6.46. The zero-order valence-corrected chi connectivity index (χ0v) is 11.6. The van der Waals surface area contributed by atoms with Gasteiger partial charge in [-0.25, -0.2) is 4.90 Å². The molecule has 3 atom stereocenters. The van der Waals surface area contributed by atoms with Crippen molar-refractivity contribution in [1.82, 2.24) is 5.06 Å². The summed E-state index contributed by atoms with van der Waals surface area (Å²) in [5.41, 5.74) is 0.469. The maximum absolute atomic E-state index is 12.6. The monoisotopic (exact) mass is 290 g/mol. The van der Waals surface area contributed by atoms with E-state index in [1.807, 2.05) is 0 Å². The summed E-state index contributed by atoms with van der Waals surface area (Å²) in [4.78, 5) is 43.2. The Balaban J connectivity index is 1.97. The van der Waals surface area contributed by atoms with Gasteiger partial charge in [-0.05, 0) is 12.1 Å². The van der Waals surface area contributed by atoms with Crippen molar-refractivity contribution in [2.75, 3.05) is 19.1 Å². The summed E-state index contributed by atoms with van der Waals surface area (Å²) in [6, 6.07) is 7.66. The lowest BCUT2D eigenvalue weighted by Crippen LogP contribution is -2.43. The molecule has 0 saturated carbocycles. The average Bonchev–Trinajstić information content (AvgIpc) is 2.95. The van der Waals surface area contributed by atoms with Gasteiger partial charge in [0.25, 0.3) is 5.91 Å². The van der Waals surface area contributed by atoms with Crippen molar-refractivity contribution in [3.05, 3.63) is 30.3 Å². The fourth-order valence-electron chi connectivity index (χ4n) is 2.80. The largest absolute Gasteiger partial charge is 0.468 e. The molecule has 0 spiro atoms. The number of likely N-dealkylation sites (N-methyl/N-ethyl adjacent to an activating group) is 1. The summed E-state index contributed by atoms with van der Waals surface area (Å²) in [6.07, 6.45) is -0.980. The number of para-hydroxylation sites is 1. The standard InChI is InChI=1S/C14H14N2O5/c1-15-10(14(19)20-2)9-11(21-15)13(18)16(12(9)17)8-6-4-3-5-7-8/h3-7,9-11H,1-2H3/t9-,10-,11+/m1/s1. The molecule has 110 valence electrons. The van der Waals surface area contributed by atoms with Gasteiger partial charge in [-0.3, -0.25) is 19.2 Å². The second-order valence-electron chi connectivity index (χ2n) is 4.91. The second kappa shape index (κ2) is 4.94. The van der Waals surface area contributed by atoms with Crippen LogP contribution in [0.25, 0.3) is 0 Å². The molecule has 2 aliphatic heterocycles. The third kappa shape index (κ3) is 1.93. The molecule has 0 N–H and O–H groups in total. The number of carbonyl (C=O) groups is 3. The quantitative estimate of drug-likeness (QED) is 0.562. The lowest BCUT2D eigenvalue weighted by molar-refractivity contribution is -0.174. The highest BCUT2D eigenvalue weighted by Crippen LogP contribution is 2.37. The van der Waals surface area contributed by atoms with Crippen LogP contribution in [0.4, 0.5) is 5.69 Å². The first kappa shape index (κ1) is 13.7. The number of hydroxylamine groups is 2. The number of imide groups is 1. The molecule has 2 heterocycles. The number of anilines is 1. The van der Waals surface area contributed by atoms with Crippen LogP contribution < -0.4 is 4.90 Å². The van der Waals surface area contributed by atoms with Crippen molar-refractivity contribution in [1.29, 1.82) is 0 Å². The van der Waals surface area contributed by atoms with Gasteiger partial charge in [-0.15, -0.1) is 0 Å². The topological polar surface area (TPSA) is 76.2 Å². The van der Waals surface area contributed by atoms with Gasteiger partial charge in [0.2, 0.25) is 5.91 Å². The molecule has 0 aliphatic carbocycles. The Morgan fingerprint density at radius 1 is 1.19 bits per heavy atom. The number of rotatable bonds is 2. The molecular weight excluding hydrogens is 276 g/mol. The van der Waals surface area contributed by atoms with E-state index in [9.17, 15) is 14.4 Å². The highest BCUT2D eigenvalue weighted by atomic mass is 16.7. The number of ether oxygens (including phenoxy) is 1. The van der Waals surface area contributed by atoms with Gasteiger partial charge >= 0.3 is 5.97 Å². The number of benzene rings is 1. The van der Waals surface area contributed by atoms with Crippen molar-refractivity contribution >= 4 is 23.5 Å². The summed E-state index contributed by atoms with van der Waals surface area (Å²) in [7, 11) is 2.74. The Labute approximate surface area is 121 Å². The van der Waals surface area contributed by atoms with Crippen LogP contribution in [0.1, 0.15) is 0 Å². The van der Waals surface area contributed by atoms with Gasteiger partial charge in [0, 0.05) is 7.05 Å². The van der Waals surface area contributed by atoms with E-state index in [0.29, 0.717) is 5.69 Å². The second-order valence-corrected chi connectivity index (χ2v) is 4.91. The summed E-state index contributed by atoms with van der Waals surface area (Å²) in [5, 5.41) is 1.22. The third-order valence-electron chi connectivity index (χ3n) is 3.76. The molecule has 0 unspecified atom stereocenters. The first-order chi connectivity index (χ1) is 10.1. The van der Waals surface area contributed by atoms with Crippen molar-refractivity contribution in [2.24, 2.45) is 5.92 Å². The molecule has 2 saturated heterocycles. The molecule has 2 aliphatic rings. The van der Waals surface area contributed by atoms with Crippen LogP contribution in [0.3, 0.4) is 0 Å². The van der Waals surface area contributed by atoms with Crippen LogP contribution in [0.2, 0.25) is 0 Å². The van der Waals surface area contributed by atoms with Crippen LogP contribution in [-0.2, 0) is 24.0 Å². The summed E-state index contributed by atoms with van der Waals surface area (Å²) in [6.45, 7) is 0. The fraction of sp³-hybridized carbons (Fsp3) is 0.357. The predicted molar refractivity (Wildman–Crippen MR) is 70.9 cm³/mol. The Morgan fingerprint density at radius 2 is 1.86 bits per heavy atom. The fourth-order valence-corrected chi connectivity index (χ4v) is 2.80. The number of carbonyl (C=O) groups excluding carboxylic acids is 3. The Morgan fingerprint density at radius 3 is 2.48 bits per heavy atom. The van der Waals surface area contributed by atoms with E-state index in [-0.39, 0.29) is 0 Å². The van der Waals surface area contributed by atoms with Gasteiger partial charge in [0.1, 0.15) is 12.0 Å². The molecule has 2 fully saturated rings. The summed E-state index contributed by atoms with van der Waals surface area (Å²) in [5.74, 6) is -2.39. The van der Waals surface area contributed by atoms with Gasteiger partial charge in [-0.2, -0.15) is 5.06 Å². The lowest BCUT2D eigenvalue weighted by atomic mass is 9.97. The van der Waals surface area contributed by atoms with Crippen LogP contribution in [0, 0.1) is 5.92 Å². The maximum atomic E-state index is 12.6. The Bertz CT molecular complexity index is 603. The smallest absolute Gasteiger partial charge is 0.326 e. The zero-order valence-electron chi connectivity index (χ0n) is 11.6. The highest BCUT2D eigenvalue weighted by molar-refractivity contribution is 6.24. The van der Waals surface area contributed by atoms with Crippen LogP contribution in [0.15, 0.2) is 30.3 Å². The number of hydrogen-bond acceptors (Lipinski definition) is 6. The summed E-state index contributed by atoms with van der Waals surface area (Å²) < 4.78 is 4.69. The molecular formula is C14H14N2O5. The minimum absolute atomic E-state index is 0.448. The van der Waals surface area contributed by atoms with E-state index in [1.54, 1.807) is 30.3 Å². The van der Waals surface area contributed by atoms with E-state index in [0.717, 1.165) is 4.90 Å². The molecule has 7 nitrogen and oxygen atoms in total. The predicted octanol–water partition coefficient (Wildman–Crippen LogP) is -0.0368. The molecule has 1 aromatic carbocycles. The molecule has 7 heteroatoms. The van der Waals surface area contributed by atoms with Crippen LogP contribution >= 0.6 is 0 Å². The summed E-state index contributed by atoms with van der Waals surface area (Å²) >= 11 is 0. The average molecular weight is 290 g/mol. The Hall–Kier alpha value is -2.25. The Kier molecular flexibility index (Phi) is 3.23. The number of fused-ring (bicyclic) bond motifs is 1. The molecule has 21 heavy (non-hydrogen) atoms. The minimum Gasteiger partial charge on any atom is -0.468 e. The number of nitrogens with zero attached hydrogens (tertiary/aromatic N) is 2. The van der Waals surface area contributed by atoms with E-state index in [4.69, 9.17) is 9.57 Å². The van der Waals surface area contributed by atoms with E-state index in [1.165, 1.54) is 19.2 Å². The van der Waals surface area contributed by atoms with Crippen molar-refractivity contribution in [3.8, 4) is 0 Å². The highest BCUT2D eigenvalue weighted by Gasteiger charge is 2.61. The third-order valence-corrected chi connectivity index (χ3v) is 3.76. The maximum Gasteiger partial charge on any atom is 0.326 e. The normalized spacial score (nSPS) is 28.9. The number of methoxy groups -OCH3 is 1. The SMILES string of the molecule is COC(=O)[C@H]1[C@H]2C(=O)N(c3ccccc3)C(=O)[C@H]2ON1C. The van der Waals surface area contributed by atoms with Crippen molar-refractivity contribution in [2.45, 2.75) is 12.1 Å². The zero-order chi connectivity index (χ0) is 15.1. The number of amides is 2.